The van der Waals surface area contributed by atoms with Crippen molar-refractivity contribution in [2.24, 2.45) is 5.92 Å². The zero-order valence-corrected chi connectivity index (χ0v) is 25.3. The van der Waals surface area contributed by atoms with Crippen molar-refractivity contribution >= 4 is 10.0 Å². The molecule has 2 aromatic carbocycles. The SMILES string of the molecule is CCCCCCCCc1nc(-c2ccc(S(=O)(=O)N3CCC(CNCC(O)COc4ccc(O)cc4)CC3)cc2)no1. The van der Waals surface area contributed by atoms with Crippen molar-refractivity contribution in [3.63, 3.8) is 0 Å². The van der Waals surface area contributed by atoms with Gasteiger partial charge in [-0.15, -0.1) is 0 Å². The van der Waals surface area contributed by atoms with Crippen molar-refractivity contribution in [3.05, 3.63) is 54.4 Å². The van der Waals surface area contributed by atoms with E-state index < -0.39 is 16.1 Å². The van der Waals surface area contributed by atoms with E-state index >= 15 is 0 Å². The quantitative estimate of drug-likeness (QED) is 0.187. The summed E-state index contributed by atoms with van der Waals surface area (Å²) in [7, 11) is -3.59. The van der Waals surface area contributed by atoms with Gasteiger partial charge in [-0.05, 0) is 80.3 Å². The van der Waals surface area contributed by atoms with Crippen LogP contribution in [0.25, 0.3) is 11.4 Å². The molecule has 4 rings (SSSR count). The largest absolute Gasteiger partial charge is 0.508 e. The highest BCUT2D eigenvalue weighted by Crippen LogP contribution is 2.26. The number of phenolic OH excluding ortho intramolecular Hbond substituents is 1. The molecule has 1 saturated heterocycles. The topological polar surface area (TPSA) is 138 Å². The number of aliphatic hydroxyl groups excluding tert-OH is 1. The molecular formula is C31H44N4O6S. The van der Waals surface area contributed by atoms with Crippen LogP contribution in [0.3, 0.4) is 0 Å². The van der Waals surface area contributed by atoms with Gasteiger partial charge in [0.25, 0.3) is 0 Å². The van der Waals surface area contributed by atoms with Crippen LogP contribution in [0.15, 0.2) is 57.9 Å². The molecule has 1 fully saturated rings. The van der Waals surface area contributed by atoms with E-state index in [9.17, 15) is 18.6 Å². The van der Waals surface area contributed by atoms with E-state index in [-0.39, 0.29) is 17.3 Å². The minimum Gasteiger partial charge on any atom is -0.508 e. The van der Waals surface area contributed by atoms with Gasteiger partial charge >= 0.3 is 0 Å². The molecule has 0 aliphatic carbocycles. The van der Waals surface area contributed by atoms with Crippen molar-refractivity contribution < 1.29 is 27.9 Å². The Balaban J connectivity index is 1.17. The Labute approximate surface area is 249 Å². The monoisotopic (exact) mass is 600 g/mol. The van der Waals surface area contributed by atoms with Crippen molar-refractivity contribution in [3.8, 4) is 22.9 Å². The number of hydrogen-bond donors (Lipinski definition) is 3. The summed E-state index contributed by atoms with van der Waals surface area (Å²) >= 11 is 0. The summed E-state index contributed by atoms with van der Waals surface area (Å²) in [5.74, 6) is 2.16. The van der Waals surface area contributed by atoms with Gasteiger partial charge in [-0.1, -0.05) is 44.2 Å². The molecule has 3 N–H and O–H groups in total. The van der Waals surface area contributed by atoms with Gasteiger partial charge in [0, 0.05) is 31.6 Å². The number of nitrogens with one attached hydrogen (secondary N) is 1. The van der Waals surface area contributed by atoms with Gasteiger partial charge in [0.05, 0.1) is 4.90 Å². The minimum absolute atomic E-state index is 0.139. The van der Waals surface area contributed by atoms with E-state index in [2.05, 4.69) is 22.4 Å². The molecule has 1 atom stereocenters. The number of phenols is 1. The molecule has 10 nitrogen and oxygen atoms in total. The van der Waals surface area contributed by atoms with E-state index in [1.54, 1.807) is 40.7 Å². The molecular weight excluding hydrogens is 556 g/mol. The predicted molar refractivity (Wildman–Crippen MR) is 161 cm³/mol. The first-order valence-corrected chi connectivity index (χ1v) is 16.5. The Kier molecular flexibility index (Phi) is 12.2. The van der Waals surface area contributed by atoms with Crippen LogP contribution < -0.4 is 10.1 Å². The summed E-state index contributed by atoms with van der Waals surface area (Å²) in [5.41, 5.74) is 0.729. The first-order valence-electron chi connectivity index (χ1n) is 15.1. The lowest BCUT2D eigenvalue weighted by Gasteiger charge is -2.31. The van der Waals surface area contributed by atoms with Gasteiger partial charge in [0.15, 0.2) is 0 Å². The second-order valence-corrected chi connectivity index (χ2v) is 13.0. The van der Waals surface area contributed by atoms with Crippen molar-refractivity contribution in [1.29, 1.82) is 0 Å². The third-order valence-corrected chi connectivity index (χ3v) is 9.54. The Morgan fingerprint density at radius 1 is 1.02 bits per heavy atom. The fraction of sp³-hybridized carbons (Fsp3) is 0.548. The smallest absolute Gasteiger partial charge is 0.243 e. The maximum absolute atomic E-state index is 13.3. The van der Waals surface area contributed by atoms with Crippen LogP contribution in [0.5, 0.6) is 11.5 Å². The van der Waals surface area contributed by atoms with Gasteiger partial charge in [-0.3, -0.25) is 0 Å². The summed E-state index contributed by atoms with van der Waals surface area (Å²) in [5, 5.41) is 26.9. The van der Waals surface area contributed by atoms with E-state index in [4.69, 9.17) is 9.26 Å². The number of aryl methyl sites for hydroxylation is 1. The van der Waals surface area contributed by atoms with E-state index in [1.165, 1.54) is 37.8 Å². The molecule has 1 aliphatic heterocycles. The molecule has 3 aromatic rings. The number of aliphatic hydroxyl groups is 1. The summed E-state index contributed by atoms with van der Waals surface area (Å²) in [4.78, 5) is 4.75. The average molecular weight is 601 g/mol. The van der Waals surface area contributed by atoms with E-state index in [1.807, 2.05) is 0 Å². The van der Waals surface area contributed by atoms with Crippen LogP contribution in [0.2, 0.25) is 0 Å². The van der Waals surface area contributed by atoms with Crippen LogP contribution in [0.4, 0.5) is 0 Å². The number of rotatable bonds is 17. The summed E-state index contributed by atoms with van der Waals surface area (Å²) in [6, 6.07) is 13.1. The minimum atomic E-state index is -3.59. The fourth-order valence-electron chi connectivity index (χ4n) is 5.06. The Bertz CT molecular complexity index is 1310. The number of hydrogen-bond acceptors (Lipinski definition) is 9. The molecule has 0 radical (unpaired) electrons. The maximum Gasteiger partial charge on any atom is 0.243 e. The molecule has 0 saturated carbocycles. The Hall–Kier alpha value is -2.99. The Morgan fingerprint density at radius 3 is 2.43 bits per heavy atom. The van der Waals surface area contributed by atoms with Crippen molar-refractivity contribution in [2.75, 3.05) is 32.8 Å². The first-order chi connectivity index (χ1) is 20.3. The summed E-state index contributed by atoms with van der Waals surface area (Å²) in [6.45, 7) is 4.33. The van der Waals surface area contributed by atoms with Crippen molar-refractivity contribution in [1.82, 2.24) is 19.8 Å². The van der Waals surface area contributed by atoms with E-state index in [0.29, 0.717) is 49.6 Å². The van der Waals surface area contributed by atoms with Crippen LogP contribution in [0, 0.1) is 5.92 Å². The highest BCUT2D eigenvalue weighted by atomic mass is 32.2. The fourth-order valence-corrected chi connectivity index (χ4v) is 6.53. The second kappa shape index (κ2) is 16.0. The maximum atomic E-state index is 13.3. The van der Waals surface area contributed by atoms with Crippen LogP contribution in [0.1, 0.15) is 64.2 Å². The number of aromatic nitrogens is 2. The lowest BCUT2D eigenvalue weighted by molar-refractivity contribution is 0.104. The number of unbranched alkanes of at least 4 members (excludes halogenated alkanes) is 5. The molecule has 0 bridgehead atoms. The van der Waals surface area contributed by atoms with Gasteiger partial charge in [-0.2, -0.15) is 9.29 Å². The molecule has 11 heteroatoms. The number of nitrogens with zero attached hydrogens (tertiary/aromatic N) is 3. The normalized spacial score (nSPS) is 15.6. The van der Waals surface area contributed by atoms with Gasteiger partial charge in [0.2, 0.25) is 21.7 Å². The van der Waals surface area contributed by atoms with Gasteiger partial charge in [0.1, 0.15) is 24.2 Å². The average Bonchev–Trinajstić information content (AvgIpc) is 3.48. The summed E-state index contributed by atoms with van der Waals surface area (Å²) < 4.78 is 39.0. The van der Waals surface area contributed by atoms with E-state index in [0.717, 1.165) is 37.7 Å². The number of ether oxygens (including phenoxy) is 1. The number of piperidine rings is 1. The molecule has 42 heavy (non-hydrogen) atoms. The number of aromatic hydroxyl groups is 1. The Morgan fingerprint density at radius 2 is 1.71 bits per heavy atom. The lowest BCUT2D eigenvalue weighted by atomic mass is 9.98. The predicted octanol–water partition coefficient (Wildman–Crippen LogP) is 4.78. The zero-order chi connectivity index (χ0) is 29.8. The second-order valence-electron chi connectivity index (χ2n) is 11.0. The van der Waals surface area contributed by atoms with Gasteiger partial charge in [-0.25, -0.2) is 8.42 Å². The highest BCUT2D eigenvalue weighted by Gasteiger charge is 2.29. The first kappa shape index (κ1) is 31.9. The highest BCUT2D eigenvalue weighted by molar-refractivity contribution is 7.89. The summed E-state index contributed by atoms with van der Waals surface area (Å²) in [6.07, 6.45) is 8.74. The van der Waals surface area contributed by atoms with Crippen molar-refractivity contribution in [2.45, 2.75) is 75.7 Å². The van der Waals surface area contributed by atoms with Crippen LogP contribution in [-0.4, -0.2) is 72.0 Å². The molecule has 230 valence electrons. The molecule has 1 aromatic heterocycles. The lowest BCUT2D eigenvalue weighted by Crippen LogP contribution is -2.42. The number of benzene rings is 2. The third-order valence-electron chi connectivity index (χ3n) is 7.63. The van der Waals surface area contributed by atoms with Crippen LogP contribution >= 0.6 is 0 Å². The number of sulfonamides is 1. The molecule has 0 spiro atoms. The molecule has 2 heterocycles. The van der Waals surface area contributed by atoms with Gasteiger partial charge < -0.3 is 24.8 Å². The molecule has 1 unspecified atom stereocenters. The molecule has 1 aliphatic rings. The zero-order valence-electron chi connectivity index (χ0n) is 24.5. The van der Waals surface area contributed by atoms with Crippen LogP contribution in [-0.2, 0) is 16.4 Å². The molecule has 0 amide bonds. The standard InChI is InChI=1S/C31H44N4O6S/c1-2-3-4-5-6-7-8-30-33-31(34-41-30)25-9-15-29(16-10-25)42(38,39)35-19-17-24(18-20-35)21-32-22-27(37)23-40-28-13-11-26(36)12-14-28/h9-16,24,27,32,36-37H,2-8,17-23H2,1H3. The third kappa shape index (κ3) is 9.52.